The van der Waals surface area contributed by atoms with E-state index in [4.69, 9.17) is 9.47 Å². The van der Waals surface area contributed by atoms with Crippen LogP contribution in [0.5, 0.6) is 5.75 Å². The highest BCUT2D eigenvalue weighted by Crippen LogP contribution is 2.29. The standard InChI is InChI=1S/C32H29FN6O4/c1-42-28-19-23(31(41)38-14-16-43-17-15-38)6-12-27(28)35-32-36-29-13-7-24(20-39(29)37-32)22-4-10-26(11-5-22)34-30(40)18-21-2-8-25(33)9-3-21/h2-13,19-20H,14-18H2,1H3,(H,34,40)(H,35,37). The smallest absolute Gasteiger partial charge is 0.254 e. The molecule has 2 aromatic heterocycles. The van der Waals surface area contributed by atoms with E-state index in [-0.39, 0.29) is 24.1 Å². The van der Waals surface area contributed by atoms with Gasteiger partial charge in [-0.25, -0.2) is 8.91 Å². The molecule has 0 bridgehead atoms. The number of ether oxygens (including phenoxy) is 2. The molecule has 1 saturated heterocycles. The Hall–Kier alpha value is -5.29. The zero-order chi connectivity index (χ0) is 29.8. The molecule has 1 fully saturated rings. The number of rotatable bonds is 8. The predicted molar refractivity (Wildman–Crippen MR) is 160 cm³/mol. The van der Waals surface area contributed by atoms with Crippen LogP contribution in [0.1, 0.15) is 15.9 Å². The number of nitrogens with one attached hydrogen (secondary N) is 2. The molecule has 218 valence electrons. The van der Waals surface area contributed by atoms with Gasteiger partial charge in [0, 0.05) is 36.1 Å². The highest BCUT2D eigenvalue weighted by molar-refractivity contribution is 5.95. The van der Waals surface area contributed by atoms with Crippen molar-refractivity contribution in [2.45, 2.75) is 6.42 Å². The van der Waals surface area contributed by atoms with Gasteiger partial charge in [0.2, 0.25) is 11.9 Å². The van der Waals surface area contributed by atoms with E-state index in [1.54, 1.807) is 46.9 Å². The van der Waals surface area contributed by atoms with Crippen molar-refractivity contribution in [3.8, 4) is 16.9 Å². The largest absolute Gasteiger partial charge is 0.495 e. The lowest BCUT2D eigenvalue weighted by atomic mass is 10.1. The molecule has 1 aliphatic rings. The monoisotopic (exact) mass is 580 g/mol. The Kier molecular flexibility index (Phi) is 7.96. The van der Waals surface area contributed by atoms with Crippen molar-refractivity contribution in [2.24, 2.45) is 0 Å². The van der Waals surface area contributed by atoms with Gasteiger partial charge in [-0.2, -0.15) is 4.98 Å². The second-order valence-corrected chi connectivity index (χ2v) is 10.0. The fraction of sp³-hybridized carbons (Fsp3) is 0.188. The first-order chi connectivity index (χ1) is 20.9. The summed E-state index contributed by atoms with van der Waals surface area (Å²) in [4.78, 5) is 31.6. The molecule has 43 heavy (non-hydrogen) atoms. The maximum absolute atomic E-state index is 13.1. The van der Waals surface area contributed by atoms with Crippen molar-refractivity contribution in [1.29, 1.82) is 0 Å². The van der Waals surface area contributed by atoms with E-state index in [2.05, 4.69) is 20.7 Å². The Morgan fingerprint density at radius 2 is 1.70 bits per heavy atom. The first-order valence-corrected chi connectivity index (χ1v) is 13.8. The number of anilines is 3. The molecule has 11 heteroatoms. The van der Waals surface area contributed by atoms with Gasteiger partial charge in [-0.1, -0.05) is 24.3 Å². The lowest BCUT2D eigenvalue weighted by Crippen LogP contribution is -2.40. The number of aromatic nitrogens is 3. The number of nitrogens with zero attached hydrogens (tertiary/aromatic N) is 4. The van der Waals surface area contributed by atoms with Crippen LogP contribution < -0.4 is 15.4 Å². The van der Waals surface area contributed by atoms with Crippen LogP contribution in [0.4, 0.5) is 21.7 Å². The molecule has 5 aromatic rings. The fourth-order valence-electron chi connectivity index (χ4n) is 4.84. The molecule has 0 aliphatic carbocycles. The molecular weight excluding hydrogens is 551 g/mol. The maximum atomic E-state index is 13.1. The summed E-state index contributed by atoms with van der Waals surface area (Å²) < 4.78 is 25.7. The molecule has 2 amide bonds. The number of morpholine rings is 1. The van der Waals surface area contributed by atoms with Gasteiger partial charge >= 0.3 is 0 Å². The van der Waals surface area contributed by atoms with Crippen molar-refractivity contribution in [1.82, 2.24) is 19.5 Å². The molecule has 10 nitrogen and oxygen atoms in total. The van der Waals surface area contributed by atoms with Crippen LogP contribution in [0, 0.1) is 5.82 Å². The van der Waals surface area contributed by atoms with Crippen molar-refractivity contribution in [3.63, 3.8) is 0 Å². The molecule has 2 N–H and O–H groups in total. The number of fused-ring (bicyclic) bond motifs is 1. The Morgan fingerprint density at radius 1 is 0.953 bits per heavy atom. The zero-order valence-electron chi connectivity index (χ0n) is 23.4. The van der Waals surface area contributed by atoms with Crippen LogP contribution in [-0.2, 0) is 16.0 Å². The van der Waals surface area contributed by atoms with E-state index >= 15 is 0 Å². The average Bonchev–Trinajstić information content (AvgIpc) is 3.44. The van der Waals surface area contributed by atoms with Gasteiger partial charge in [-0.15, -0.1) is 5.10 Å². The van der Waals surface area contributed by atoms with E-state index in [0.717, 1.165) is 16.7 Å². The number of hydrogen-bond acceptors (Lipinski definition) is 7. The lowest BCUT2D eigenvalue weighted by Gasteiger charge is -2.27. The quantitative estimate of drug-likeness (QED) is 0.268. The summed E-state index contributed by atoms with van der Waals surface area (Å²) in [5.41, 5.74) is 5.07. The number of benzene rings is 3. The van der Waals surface area contributed by atoms with Gasteiger partial charge < -0.3 is 25.0 Å². The highest BCUT2D eigenvalue weighted by Gasteiger charge is 2.20. The second-order valence-electron chi connectivity index (χ2n) is 10.0. The lowest BCUT2D eigenvalue weighted by molar-refractivity contribution is -0.115. The molecule has 0 saturated carbocycles. The predicted octanol–water partition coefficient (Wildman–Crippen LogP) is 4.94. The van der Waals surface area contributed by atoms with Crippen molar-refractivity contribution in [3.05, 3.63) is 102 Å². The summed E-state index contributed by atoms with van der Waals surface area (Å²) in [5, 5.41) is 10.6. The van der Waals surface area contributed by atoms with E-state index in [1.807, 2.05) is 42.6 Å². The number of carbonyl (C=O) groups is 2. The van der Waals surface area contributed by atoms with E-state index in [9.17, 15) is 14.0 Å². The van der Waals surface area contributed by atoms with E-state index < -0.39 is 0 Å². The van der Waals surface area contributed by atoms with Crippen molar-refractivity contribution in [2.75, 3.05) is 44.0 Å². The maximum Gasteiger partial charge on any atom is 0.254 e. The topological polar surface area (TPSA) is 110 Å². The first-order valence-electron chi connectivity index (χ1n) is 13.8. The third-order valence-corrected chi connectivity index (χ3v) is 7.10. The van der Waals surface area contributed by atoms with Gasteiger partial charge in [-0.3, -0.25) is 9.59 Å². The molecule has 3 aromatic carbocycles. The van der Waals surface area contributed by atoms with E-state index in [0.29, 0.717) is 60.6 Å². The third kappa shape index (κ3) is 6.47. The van der Waals surface area contributed by atoms with Gasteiger partial charge in [0.05, 0.1) is 32.4 Å². The molecule has 0 radical (unpaired) electrons. The molecular formula is C32H29FN6O4. The number of hydrogen-bond donors (Lipinski definition) is 2. The summed E-state index contributed by atoms with van der Waals surface area (Å²) in [5.74, 6) is 0.302. The molecule has 0 atom stereocenters. The number of carbonyl (C=O) groups excluding carboxylic acids is 2. The summed E-state index contributed by atoms with van der Waals surface area (Å²) in [7, 11) is 1.55. The van der Waals surface area contributed by atoms with Gasteiger partial charge in [-0.05, 0) is 65.7 Å². The van der Waals surface area contributed by atoms with Crippen molar-refractivity contribution < 1.29 is 23.5 Å². The molecule has 3 heterocycles. The van der Waals surface area contributed by atoms with Crippen LogP contribution in [0.25, 0.3) is 16.8 Å². The zero-order valence-corrected chi connectivity index (χ0v) is 23.4. The number of halogens is 1. The number of methoxy groups -OCH3 is 1. The Bertz CT molecular complexity index is 1770. The molecule has 6 rings (SSSR count). The fourth-order valence-corrected chi connectivity index (χ4v) is 4.84. The van der Waals surface area contributed by atoms with Crippen LogP contribution in [0.15, 0.2) is 85.1 Å². The average molecular weight is 581 g/mol. The normalized spacial score (nSPS) is 13.1. The van der Waals surface area contributed by atoms with Crippen LogP contribution in [0.2, 0.25) is 0 Å². The Labute approximate surface area is 247 Å². The summed E-state index contributed by atoms with van der Waals surface area (Å²) in [6.45, 7) is 2.20. The summed E-state index contributed by atoms with van der Waals surface area (Å²) in [6.07, 6.45) is 2.03. The minimum Gasteiger partial charge on any atom is -0.495 e. The summed E-state index contributed by atoms with van der Waals surface area (Å²) >= 11 is 0. The Balaban J connectivity index is 1.13. The minimum absolute atomic E-state index is 0.0630. The molecule has 1 aliphatic heterocycles. The van der Waals surface area contributed by atoms with Crippen LogP contribution >= 0.6 is 0 Å². The SMILES string of the molecule is COc1cc(C(=O)N2CCOCC2)ccc1Nc1nc2ccc(-c3ccc(NC(=O)Cc4ccc(F)cc4)cc3)cn2n1. The molecule has 0 spiro atoms. The van der Waals surface area contributed by atoms with Gasteiger partial charge in [0.15, 0.2) is 5.65 Å². The number of pyridine rings is 1. The van der Waals surface area contributed by atoms with Crippen LogP contribution in [-0.4, -0.2) is 64.7 Å². The second kappa shape index (κ2) is 12.3. The van der Waals surface area contributed by atoms with Crippen molar-refractivity contribution >= 4 is 34.8 Å². The Morgan fingerprint density at radius 3 is 2.44 bits per heavy atom. The minimum atomic E-state index is -0.333. The highest BCUT2D eigenvalue weighted by atomic mass is 19.1. The first kappa shape index (κ1) is 27.9. The molecule has 0 unspecified atom stereocenters. The van der Waals surface area contributed by atoms with E-state index in [1.165, 1.54) is 12.1 Å². The van der Waals surface area contributed by atoms with Gasteiger partial charge in [0.1, 0.15) is 11.6 Å². The number of amides is 2. The summed E-state index contributed by atoms with van der Waals surface area (Å²) in [6, 6.07) is 22.4. The van der Waals surface area contributed by atoms with Crippen LogP contribution in [0.3, 0.4) is 0 Å². The van der Waals surface area contributed by atoms with Gasteiger partial charge in [0.25, 0.3) is 5.91 Å². The third-order valence-electron chi connectivity index (χ3n) is 7.10.